The number of hydrogen-bond donors (Lipinski definition) is 1. The lowest BCUT2D eigenvalue weighted by molar-refractivity contribution is -0.144. The molecule has 12 heteroatoms. The van der Waals surface area contributed by atoms with Crippen LogP contribution in [0, 0.1) is 0 Å². The summed E-state index contributed by atoms with van der Waals surface area (Å²) in [4.78, 5) is 23.8. The van der Waals surface area contributed by atoms with Crippen LogP contribution in [0.25, 0.3) is 22.9 Å². The van der Waals surface area contributed by atoms with Crippen molar-refractivity contribution in [1.29, 1.82) is 0 Å². The standard InChI is InChI=1S/C20H14ClN5O5S/c21-14-8-6-13(7-9-14)18-24-26-20(31-18)32-11-16(28)29-10-15(27)22-19-25-23-17(30-19)12-4-2-1-3-5-12/h1-9H,10-11H2,(H,22,25,27). The Bertz CT molecular complexity index is 1210. The average Bonchev–Trinajstić information content (AvgIpc) is 3.47. The van der Waals surface area contributed by atoms with Gasteiger partial charge in [-0.3, -0.25) is 14.9 Å². The maximum absolute atomic E-state index is 11.9. The van der Waals surface area contributed by atoms with Gasteiger partial charge in [0, 0.05) is 16.1 Å². The molecule has 2 aromatic carbocycles. The van der Waals surface area contributed by atoms with Crippen LogP contribution >= 0.6 is 23.4 Å². The predicted molar refractivity (Wildman–Crippen MR) is 115 cm³/mol. The van der Waals surface area contributed by atoms with Crippen LogP contribution in [0.15, 0.2) is 68.7 Å². The van der Waals surface area contributed by atoms with Crippen molar-refractivity contribution in [2.45, 2.75) is 5.22 Å². The topological polar surface area (TPSA) is 133 Å². The summed E-state index contributed by atoms with van der Waals surface area (Å²) in [5.41, 5.74) is 1.41. The van der Waals surface area contributed by atoms with Gasteiger partial charge >= 0.3 is 12.0 Å². The monoisotopic (exact) mass is 471 g/mol. The number of thioether (sulfide) groups is 1. The highest BCUT2D eigenvalue weighted by Crippen LogP contribution is 2.24. The number of rotatable bonds is 8. The summed E-state index contributed by atoms with van der Waals surface area (Å²) >= 11 is 6.84. The zero-order valence-electron chi connectivity index (χ0n) is 16.2. The zero-order valence-corrected chi connectivity index (χ0v) is 17.8. The van der Waals surface area contributed by atoms with E-state index in [1.807, 2.05) is 18.2 Å². The van der Waals surface area contributed by atoms with Gasteiger partial charge in [0.25, 0.3) is 11.1 Å². The Morgan fingerprint density at radius 3 is 2.38 bits per heavy atom. The number of carbonyl (C=O) groups excluding carboxylic acids is 2. The normalized spacial score (nSPS) is 10.7. The minimum absolute atomic E-state index is 0.0973. The Morgan fingerprint density at radius 2 is 1.59 bits per heavy atom. The number of nitrogens with zero attached hydrogens (tertiary/aromatic N) is 4. The molecule has 10 nitrogen and oxygen atoms in total. The number of aromatic nitrogens is 4. The van der Waals surface area contributed by atoms with Gasteiger partial charge in [0.15, 0.2) is 6.61 Å². The van der Waals surface area contributed by atoms with Crippen LogP contribution in [0.2, 0.25) is 5.02 Å². The average molecular weight is 472 g/mol. The molecule has 162 valence electrons. The van der Waals surface area contributed by atoms with Gasteiger partial charge in [-0.2, -0.15) is 0 Å². The Kier molecular flexibility index (Phi) is 6.78. The van der Waals surface area contributed by atoms with Crippen LogP contribution in [0.4, 0.5) is 6.01 Å². The largest absolute Gasteiger partial charge is 0.455 e. The van der Waals surface area contributed by atoms with Crippen molar-refractivity contribution in [3.8, 4) is 22.9 Å². The van der Waals surface area contributed by atoms with E-state index in [9.17, 15) is 9.59 Å². The molecule has 1 amide bonds. The van der Waals surface area contributed by atoms with E-state index in [1.165, 1.54) is 0 Å². The van der Waals surface area contributed by atoms with Gasteiger partial charge in [-0.1, -0.05) is 46.7 Å². The van der Waals surface area contributed by atoms with E-state index in [0.717, 1.165) is 11.8 Å². The van der Waals surface area contributed by atoms with Crippen LogP contribution in [-0.4, -0.2) is 44.6 Å². The van der Waals surface area contributed by atoms with Crippen molar-refractivity contribution in [1.82, 2.24) is 20.4 Å². The third kappa shape index (κ3) is 5.71. The summed E-state index contributed by atoms with van der Waals surface area (Å²) in [7, 11) is 0. The molecule has 0 aliphatic heterocycles. The fourth-order valence-electron chi connectivity index (χ4n) is 2.41. The van der Waals surface area contributed by atoms with Crippen LogP contribution in [0.3, 0.4) is 0 Å². The second-order valence-electron chi connectivity index (χ2n) is 6.16. The summed E-state index contributed by atoms with van der Waals surface area (Å²) in [5, 5.41) is 18.5. The third-order valence-corrected chi connectivity index (χ3v) is 4.91. The second kappa shape index (κ2) is 10.1. The van der Waals surface area contributed by atoms with Gasteiger partial charge in [0.05, 0.1) is 0 Å². The Labute approximate surface area is 190 Å². The molecule has 0 saturated heterocycles. The molecular weight excluding hydrogens is 458 g/mol. The lowest BCUT2D eigenvalue weighted by atomic mass is 10.2. The van der Waals surface area contributed by atoms with Crippen LogP contribution < -0.4 is 5.32 Å². The fraction of sp³-hybridized carbons (Fsp3) is 0.100. The Hall–Kier alpha value is -3.70. The smallest absolute Gasteiger partial charge is 0.322 e. The first-order chi connectivity index (χ1) is 15.6. The molecule has 0 saturated carbocycles. The molecule has 32 heavy (non-hydrogen) atoms. The number of hydrogen-bond acceptors (Lipinski definition) is 10. The number of esters is 1. The van der Waals surface area contributed by atoms with Gasteiger partial charge in [0.1, 0.15) is 5.75 Å². The zero-order chi connectivity index (χ0) is 22.3. The summed E-state index contributed by atoms with van der Waals surface area (Å²) in [6, 6.07) is 15.9. The molecule has 0 aliphatic carbocycles. The molecule has 2 aromatic heterocycles. The summed E-state index contributed by atoms with van der Waals surface area (Å²) in [6.45, 7) is -0.512. The van der Waals surface area contributed by atoms with Crippen molar-refractivity contribution < 1.29 is 23.2 Å². The number of carbonyl (C=O) groups is 2. The van der Waals surface area contributed by atoms with E-state index in [2.05, 4.69) is 25.7 Å². The van der Waals surface area contributed by atoms with E-state index in [0.29, 0.717) is 22.0 Å². The van der Waals surface area contributed by atoms with Crippen molar-refractivity contribution in [2.24, 2.45) is 0 Å². The van der Waals surface area contributed by atoms with Crippen molar-refractivity contribution in [3.63, 3.8) is 0 Å². The Morgan fingerprint density at radius 1 is 0.906 bits per heavy atom. The molecule has 0 aliphatic rings. The number of anilines is 1. The van der Waals surface area contributed by atoms with Crippen molar-refractivity contribution >= 4 is 41.3 Å². The minimum atomic E-state index is -0.633. The van der Waals surface area contributed by atoms with E-state index >= 15 is 0 Å². The molecule has 0 spiro atoms. The van der Waals surface area contributed by atoms with E-state index < -0.39 is 18.5 Å². The minimum Gasteiger partial charge on any atom is -0.455 e. The van der Waals surface area contributed by atoms with Gasteiger partial charge in [-0.25, -0.2) is 0 Å². The highest BCUT2D eigenvalue weighted by atomic mass is 35.5. The molecule has 4 aromatic rings. The van der Waals surface area contributed by atoms with Gasteiger partial charge in [-0.15, -0.1) is 15.3 Å². The first-order valence-corrected chi connectivity index (χ1v) is 10.5. The maximum atomic E-state index is 11.9. The summed E-state index contributed by atoms with van der Waals surface area (Å²) in [6.07, 6.45) is 0. The second-order valence-corrected chi connectivity index (χ2v) is 7.52. The van der Waals surface area contributed by atoms with Crippen LogP contribution in [0.1, 0.15) is 0 Å². The number of halogens is 1. The first kappa shape index (κ1) is 21.5. The first-order valence-electron chi connectivity index (χ1n) is 9.13. The number of ether oxygens (including phenoxy) is 1. The van der Waals surface area contributed by atoms with Crippen LogP contribution in [0.5, 0.6) is 0 Å². The number of benzene rings is 2. The van der Waals surface area contributed by atoms with Gasteiger partial charge in [-0.05, 0) is 36.4 Å². The molecular formula is C20H14ClN5O5S. The molecule has 0 atom stereocenters. The molecule has 4 rings (SSSR count). The SMILES string of the molecule is O=C(COC(=O)CSc1nnc(-c2ccc(Cl)cc2)o1)Nc1nnc(-c2ccccc2)o1. The van der Waals surface area contributed by atoms with Crippen molar-refractivity contribution in [2.75, 3.05) is 17.7 Å². The maximum Gasteiger partial charge on any atom is 0.322 e. The number of nitrogens with one attached hydrogen (secondary N) is 1. The quantitative estimate of drug-likeness (QED) is 0.299. The van der Waals surface area contributed by atoms with Crippen molar-refractivity contribution in [3.05, 3.63) is 59.6 Å². The predicted octanol–water partition coefficient (Wildman–Crippen LogP) is 3.71. The van der Waals surface area contributed by atoms with E-state index in [-0.39, 0.29) is 22.9 Å². The molecule has 0 unspecified atom stereocenters. The molecule has 1 N–H and O–H groups in total. The molecule has 2 heterocycles. The van der Waals surface area contributed by atoms with E-state index in [4.69, 9.17) is 25.2 Å². The van der Waals surface area contributed by atoms with Crippen LogP contribution in [-0.2, 0) is 14.3 Å². The highest BCUT2D eigenvalue weighted by molar-refractivity contribution is 7.99. The van der Waals surface area contributed by atoms with Gasteiger partial charge < -0.3 is 13.6 Å². The lowest BCUT2D eigenvalue weighted by Crippen LogP contribution is -2.21. The number of amides is 1. The highest BCUT2D eigenvalue weighted by Gasteiger charge is 2.15. The van der Waals surface area contributed by atoms with E-state index in [1.54, 1.807) is 36.4 Å². The van der Waals surface area contributed by atoms with Gasteiger partial charge in [0.2, 0.25) is 11.8 Å². The fourth-order valence-corrected chi connectivity index (χ4v) is 3.10. The summed E-state index contributed by atoms with van der Waals surface area (Å²) < 4.78 is 15.8. The molecule has 0 bridgehead atoms. The summed E-state index contributed by atoms with van der Waals surface area (Å²) in [5.74, 6) is -0.812. The molecule has 0 fully saturated rings. The third-order valence-electron chi connectivity index (χ3n) is 3.87. The lowest BCUT2D eigenvalue weighted by Gasteiger charge is -2.02. The molecule has 0 radical (unpaired) electrons. The Balaban J connectivity index is 1.21.